The number of carbonyl (C=O) groups excluding carboxylic acids is 1. The van der Waals surface area contributed by atoms with E-state index in [0.29, 0.717) is 16.5 Å². The lowest BCUT2D eigenvalue weighted by molar-refractivity contribution is -0.119. The minimum Gasteiger partial charge on any atom is -0.497 e. The number of carbonyl (C=O) groups is 1. The van der Waals surface area contributed by atoms with E-state index in [1.807, 2.05) is 72.9 Å². The molecule has 2 aromatic carbocycles. The molecule has 1 aliphatic heterocycles. The number of thiocarbonyl (C=S) groups is 1. The second-order valence-electron chi connectivity index (χ2n) is 8.86. The standard InChI is InChI=1S/C29H29N5O4S/c1-36-18-26(35)31-23-17-20(11-14-25(23)38-3)34-28(27(32-29(34)39)22-7-4-5-15-30-22)24-8-6-16-33(24)19-9-12-21(37-2)13-10-19/h4-17,27-28H,18H2,1-3H3,(H,31,35)(H,32,39)/t27-,28-/m0/s1. The van der Waals surface area contributed by atoms with Crippen molar-refractivity contribution in [2.45, 2.75) is 12.1 Å². The zero-order chi connectivity index (χ0) is 27.4. The molecule has 4 aromatic rings. The molecule has 1 fully saturated rings. The number of anilines is 2. The number of hydrogen-bond donors (Lipinski definition) is 2. The van der Waals surface area contributed by atoms with Crippen LogP contribution in [0.1, 0.15) is 23.5 Å². The fourth-order valence-corrected chi connectivity index (χ4v) is 5.15. The van der Waals surface area contributed by atoms with Gasteiger partial charge in [0.2, 0.25) is 5.91 Å². The minimum atomic E-state index is -0.286. The van der Waals surface area contributed by atoms with Crippen LogP contribution in [0.2, 0.25) is 0 Å². The van der Waals surface area contributed by atoms with E-state index in [1.54, 1.807) is 20.4 Å². The lowest BCUT2D eigenvalue weighted by Crippen LogP contribution is -2.30. The quantitative estimate of drug-likeness (QED) is 0.295. The summed E-state index contributed by atoms with van der Waals surface area (Å²) in [5.41, 5.74) is 4.15. The number of aromatic nitrogens is 2. The van der Waals surface area contributed by atoms with Gasteiger partial charge in [-0.3, -0.25) is 9.78 Å². The summed E-state index contributed by atoms with van der Waals surface area (Å²) in [7, 11) is 4.68. The summed E-state index contributed by atoms with van der Waals surface area (Å²) in [4.78, 5) is 19.0. The number of amides is 1. The van der Waals surface area contributed by atoms with Crippen molar-refractivity contribution in [2.75, 3.05) is 38.2 Å². The zero-order valence-corrected chi connectivity index (χ0v) is 22.6. The Balaban J connectivity index is 1.61. The van der Waals surface area contributed by atoms with E-state index >= 15 is 0 Å². The van der Waals surface area contributed by atoms with Crippen LogP contribution < -0.4 is 25.0 Å². The summed E-state index contributed by atoms with van der Waals surface area (Å²) < 4.78 is 18.0. The highest BCUT2D eigenvalue weighted by molar-refractivity contribution is 7.80. The van der Waals surface area contributed by atoms with Crippen LogP contribution >= 0.6 is 12.2 Å². The summed E-state index contributed by atoms with van der Waals surface area (Å²) in [6.45, 7) is -0.0726. The number of nitrogens with zero attached hydrogens (tertiary/aromatic N) is 3. The highest BCUT2D eigenvalue weighted by Gasteiger charge is 2.42. The van der Waals surface area contributed by atoms with Crippen LogP contribution in [0.4, 0.5) is 11.4 Å². The molecule has 39 heavy (non-hydrogen) atoms. The van der Waals surface area contributed by atoms with Gasteiger partial charge in [-0.25, -0.2) is 0 Å². The molecule has 2 atom stereocenters. The molecule has 0 spiro atoms. The maximum absolute atomic E-state index is 12.3. The van der Waals surface area contributed by atoms with Crippen molar-refractivity contribution >= 4 is 34.6 Å². The monoisotopic (exact) mass is 543 g/mol. The van der Waals surface area contributed by atoms with Crippen LogP contribution in [0.5, 0.6) is 11.5 Å². The highest BCUT2D eigenvalue weighted by Crippen LogP contribution is 2.43. The molecule has 0 aliphatic carbocycles. The fourth-order valence-electron chi connectivity index (χ4n) is 4.81. The molecule has 3 heterocycles. The third-order valence-corrected chi connectivity index (χ3v) is 6.86. The van der Waals surface area contributed by atoms with E-state index in [0.717, 1.165) is 28.5 Å². The predicted octanol–water partition coefficient (Wildman–Crippen LogP) is 4.65. The van der Waals surface area contributed by atoms with Crippen molar-refractivity contribution in [3.05, 3.63) is 96.6 Å². The van der Waals surface area contributed by atoms with Gasteiger partial charge in [-0.15, -0.1) is 0 Å². The Labute approximate surface area is 232 Å². The summed E-state index contributed by atoms with van der Waals surface area (Å²) >= 11 is 5.90. The molecule has 2 aromatic heterocycles. The van der Waals surface area contributed by atoms with E-state index in [-0.39, 0.29) is 24.6 Å². The second kappa shape index (κ2) is 11.5. The fraction of sp³-hybridized carbons (Fsp3) is 0.207. The van der Waals surface area contributed by atoms with Crippen LogP contribution in [0.15, 0.2) is 85.2 Å². The van der Waals surface area contributed by atoms with Crippen molar-refractivity contribution in [3.63, 3.8) is 0 Å². The van der Waals surface area contributed by atoms with Crippen molar-refractivity contribution in [1.82, 2.24) is 14.9 Å². The van der Waals surface area contributed by atoms with Gasteiger partial charge in [0.15, 0.2) is 5.11 Å². The van der Waals surface area contributed by atoms with Gasteiger partial charge in [-0.1, -0.05) is 6.07 Å². The van der Waals surface area contributed by atoms with Gasteiger partial charge in [0, 0.05) is 36.6 Å². The third kappa shape index (κ3) is 5.29. The lowest BCUT2D eigenvalue weighted by Gasteiger charge is -2.29. The van der Waals surface area contributed by atoms with Crippen molar-refractivity contribution < 1.29 is 19.0 Å². The maximum atomic E-state index is 12.3. The SMILES string of the molecule is COCC(=O)Nc1cc(N2C(=S)N[C@@H](c3ccccn3)[C@@H]2c2cccn2-c2ccc(OC)cc2)ccc1OC. The summed E-state index contributed by atoms with van der Waals surface area (Å²) in [5.74, 6) is 1.03. The first-order valence-electron chi connectivity index (χ1n) is 12.3. The molecule has 0 saturated carbocycles. The van der Waals surface area contributed by atoms with Gasteiger partial charge in [0.1, 0.15) is 24.1 Å². The average molecular weight is 544 g/mol. The van der Waals surface area contributed by atoms with Gasteiger partial charge in [0.05, 0.1) is 31.6 Å². The number of nitrogens with one attached hydrogen (secondary N) is 2. The molecule has 0 bridgehead atoms. The first kappa shape index (κ1) is 26.2. The van der Waals surface area contributed by atoms with Crippen molar-refractivity contribution in [3.8, 4) is 17.2 Å². The Morgan fingerprint density at radius 3 is 2.49 bits per heavy atom. The first-order chi connectivity index (χ1) is 19.0. The summed E-state index contributed by atoms with van der Waals surface area (Å²) in [5, 5.41) is 6.90. The Kier molecular flexibility index (Phi) is 7.76. The molecule has 10 heteroatoms. The Bertz CT molecular complexity index is 1460. The largest absolute Gasteiger partial charge is 0.497 e. The molecule has 0 radical (unpaired) electrons. The van der Waals surface area contributed by atoms with E-state index < -0.39 is 0 Å². The molecule has 9 nitrogen and oxygen atoms in total. The van der Waals surface area contributed by atoms with Crippen LogP contribution in [0.25, 0.3) is 5.69 Å². The third-order valence-electron chi connectivity index (χ3n) is 6.54. The van der Waals surface area contributed by atoms with Crippen molar-refractivity contribution in [1.29, 1.82) is 0 Å². The lowest BCUT2D eigenvalue weighted by atomic mass is 10.0. The van der Waals surface area contributed by atoms with E-state index in [2.05, 4.69) is 31.2 Å². The maximum Gasteiger partial charge on any atom is 0.250 e. The number of rotatable bonds is 9. The summed E-state index contributed by atoms with van der Waals surface area (Å²) in [6, 6.07) is 22.9. The molecule has 1 aliphatic rings. The highest BCUT2D eigenvalue weighted by atomic mass is 32.1. The Morgan fingerprint density at radius 2 is 1.79 bits per heavy atom. The van der Waals surface area contributed by atoms with Crippen LogP contribution in [0, 0.1) is 0 Å². The van der Waals surface area contributed by atoms with Crippen LogP contribution in [0.3, 0.4) is 0 Å². The normalized spacial score (nSPS) is 16.6. The van der Waals surface area contributed by atoms with Gasteiger partial charge in [-0.05, 0) is 78.9 Å². The predicted molar refractivity (Wildman–Crippen MR) is 154 cm³/mol. The molecule has 1 amide bonds. The number of benzene rings is 2. The topological polar surface area (TPSA) is 89.9 Å². The first-order valence-corrected chi connectivity index (χ1v) is 12.7. The van der Waals surface area contributed by atoms with Gasteiger partial charge in [0.25, 0.3) is 0 Å². The van der Waals surface area contributed by atoms with E-state index in [9.17, 15) is 4.79 Å². The molecule has 0 unspecified atom stereocenters. The van der Waals surface area contributed by atoms with Crippen LogP contribution in [-0.4, -0.2) is 48.5 Å². The Morgan fingerprint density at radius 1 is 1.00 bits per heavy atom. The number of hydrogen-bond acceptors (Lipinski definition) is 6. The molecule has 5 rings (SSSR count). The van der Waals surface area contributed by atoms with Gasteiger partial charge >= 0.3 is 0 Å². The molecular formula is C29H29N5O4S. The Hall–Kier alpha value is -4.41. The van der Waals surface area contributed by atoms with Crippen LogP contribution in [-0.2, 0) is 9.53 Å². The molecule has 200 valence electrons. The minimum absolute atomic E-state index is 0.0726. The smallest absolute Gasteiger partial charge is 0.250 e. The number of pyridine rings is 1. The summed E-state index contributed by atoms with van der Waals surface area (Å²) in [6.07, 6.45) is 3.80. The average Bonchev–Trinajstić information content (AvgIpc) is 3.58. The molecular weight excluding hydrogens is 514 g/mol. The zero-order valence-electron chi connectivity index (χ0n) is 21.8. The second-order valence-corrected chi connectivity index (χ2v) is 9.25. The van der Waals surface area contributed by atoms with Crippen molar-refractivity contribution in [2.24, 2.45) is 0 Å². The van der Waals surface area contributed by atoms with Gasteiger partial charge < -0.3 is 34.3 Å². The van der Waals surface area contributed by atoms with E-state index in [1.165, 1.54) is 7.11 Å². The van der Waals surface area contributed by atoms with E-state index in [4.69, 9.17) is 26.4 Å². The number of methoxy groups -OCH3 is 3. The molecule has 2 N–H and O–H groups in total. The number of ether oxygens (including phenoxy) is 3. The molecule has 1 saturated heterocycles. The van der Waals surface area contributed by atoms with Gasteiger partial charge in [-0.2, -0.15) is 0 Å².